The average Bonchev–Trinajstić information content (AvgIpc) is 2.76. The predicted molar refractivity (Wildman–Crippen MR) is 44.1 cm³/mol. The van der Waals surface area contributed by atoms with Gasteiger partial charge in [0.1, 0.15) is 5.69 Å². The molecule has 0 amide bonds. The lowest BCUT2D eigenvalue weighted by Gasteiger charge is -1.92. The van der Waals surface area contributed by atoms with Gasteiger partial charge in [0.25, 0.3) is 0 Å². The molecule has 1 saturated carbocycles. The predicted octanol–water partition coefficient (Wildman–Crippen LogP) is 1.47. The van der Waals surface area contributed by atoms with Gasteiger partial charge in [0.15, 0.2) is 0 Å². The summed E-state index contributed by atoms with van der Waals surface area (Å²) in [6, 6.07) is 0.589. The SMILES string of the molecule is OCc1nn(C2CC2)cc1Br. The van der Waals surface area contributed by atoms with E-state index in [1.807, 2.05) is 10.9 Å². The van der Waals surface area contributed by atoms with Gasteiger partial charge < -0.3 is 5.11 Å². The number of hydrogen-bond donors (Lipinski definition) is 1. The molecule has 0 aromatic carbocycles. The standard InChI is InChI=1S/C7H9BrN2O/c8-6-3-10(5-1-2-5)9-7(6)4-11/h3,5,11H,1-2,4H2. The van der Waals surface area contributed by atoms with Crippen LogP contribution in [-0.2, 0) is 6.61 Å². The Labute approximate surface area is 73.2 Å². The Morgan fingerprint density at radius 2 is 2.45 bits per heavy atom. The number of hydrogen-bond acceptors (Lipinski definition) is 2. The molecule has 0 radical (unpaired) electrons. The van der Waals surface area contributed by atoms with Crippen molar-refractivity contribution >= 4 is 15.9 Å². The molecule has 0 saturated heterocycles. The summed E-state index contributed by atoms with van der Waals surface area (Å²) >= 11 is 3.33. The number of halogens is 1. The summed E-state index contributed by atoms with van der Waals surface area (Å²) in [6.45, 7) is 0.0142. The van der Waals surface area contributed by atoms with Crippen molar-refractivity contribution in [1.29, 1.82) is 0 Å². The van der Waals surface area contributed by atoms with Gasteiger partial charge in [-0.3, -0.25) is 4.68 Å². The molecule has 1 heterocycles. The van der Waals surface area contributed by atoms with Crippen molar-refractivity contribution < 1.29 is 5.11 Å². The number of aliphatic hydroxyl groups is 1. The molecule has 1 aliphatic rings. The van der Waals surface area contributed by atoms with Crippen LogP contribution in [0.5, 0.6) is 0 Å². The summed E-state index contributed by atoms with van der Waals surface area (Å²) in [6.07, 6.45) is 4.38. The van der Waals surface area contributed by atoms with E-state index in [0.29, 0.717) is 6.04 Å². The molecule has 1 aromatic heterocycles. The molecule has 4 heteroatoms. The van der Waals surface area contributed by atoms with Gasteiger partial charge in [-0.1, -0.05) is 0 Å². The van der Waals surface area contributed by atoms with Gasteiger partial charge in [-0.25, -0.2) is 0 Å². The van der Waals surface area contributed by atoms with Crippen LogP contribution in [0.25, 0.3) is 0 Å². The van der Waals surface area contributed by atoms with Crippen molar-refractivity contribution in [2.75, 3.05) is 0 Å². The smallest absolute Gasteiger partial charge is 0.102 e. The maximum atomic E-state index is 8.83. The Hall–Kier alpha value is -0.350. The van der Waals surface area contributed by atoms with Crippen LogP contribution >= 0.6 is 15.9 Å². The molecular formula is C7H9BrN2O. The quantitative estimate of drug-likeness (QED) is 0.814. The van der Waals surface area contributed by atoms with Crippen molar-refractivity contribution in [3.05, 3.63) is 16.4 Å². The second-order valence-electron chi connectivity index (χ2n) is 2.79. The number of nitrogens with zero attached hydrogens (tertiary/aromatic N) is 2. The van der Waals surface area contributed by atoms with Gasteiger partial charge >= 0.3 is 0 Å². The topological polar surface area (TPSA) is 38.1 Å². The van der Waals surface area contributed by atoms with Crippen LogP contribution in [0.4, 0.5) is 0 Å². The average molecular weight is 217 g/mol. The molecule has 3 nitrogen and oxygen atoms in total. The highest BCUT2D eigenvalue weighted by Crippen LogP contribution is 2.35. The van der Waals surface area contributed by atoms with Gasteiger partial charge in [-0.05, 0) is 28.8 Å². The largest absolute Gasteiger partial charge is 0.390 e. The third kappa shape index (κ3) is 1.32. The molecule has 0 aliphatic heterocycles. The second-order valence-corrected chi connectivity index (χ2v) is 3.65. The van der Waals surface area contributed by atoms with Crippen LogP contribution in [0, 0.1) is 0 Å². The highest BCUT2D eigenvalue weighted by atomic mass is 79.9. The first-order chi connectivity index (χ1) is 5.31. The summed E-state index contributed by atoms with van der Waals surface area (Å²) in [4.78, 5) is 0. The fourth-order valence-corrected chi connectivity index (χ4v) is 1.45. The first kappa shape index (κ1) is 7.31. The molecule has 0 unspecified atom stereocenters. The van der Waals surface area contributed by atoms with Crippen molar-refractivity contribution in [3.8, 4) is 0 Å². The zero-order valence-corrected chi connectivity index (χ0v) is 7.58. The Morgan fingerprint density at radius 3 is 2.91 bits per heavy atom. The fraction of sp³-hybridized carbons (Fsp3) is 0.571. The lowest BCUT2D eigenvalue weighted by molar-refractivity contribution is 0.274. The van der Waals surface area contributed by atoms with E-state index >= 15 is 0 Å². The number of aliphatic hydroxyl groups excluding tert-OH is 1. The van der Waals surface area contributed by atoms with Gasteiger partial charge in [-0.15, -0.1) is 0 Å². The highest BCUT2D eigenvalue weighted by Gasteiger charge is 2.25. The Balaban J connectivity index is 2.28. The molecule has 0 atom stereocenters. The lowest BCUT2D eigenvalue weighted by atomic mass is 10.5. The van der Waals surface area contributed by atoms with E-state index in [2.05, 4.69) is 21.0 Å². The van der Waals surface area contributed by atoms with E-state index in [4.69, 9.17) is 5.11 Å². The van der Waals surface area contributed by atoms with Gasteiger partial charge in [-0.2, -0.15) is 5.10 Å². The van der Waals surface area contributed by atoms with Crippen LogP contribution in [0.3, 0.4) is 0 Å². The Bertz CT molecular complexity index is 267. The summed E-state index contributed by atoms with van der Waals surface area (Å²) in [5.74, 6) is 0. The van der Waals surface area contributed by atoms with E-state index in [-0.39, 0.29) is 6.61 Å². The number of aromatic nitrogens is 2. The molecule has 1 aromatic rings. The lowest BCUT2D eigenvalue weighted by Crippen LogP contribution is -1.95. The van der Waals surface area contributed by atoms with Gasteiger partial charge in [0.05, 0.1) is 17.1 Å². The molecule has 1 aliphatic carbocycles. The minimum absolute atomic E-state index is 0.0142. The molecule has 11 heavy (non-hydrogen) atoms. The van der Waals surface area contributed by atoms with E-state index in [0.717, 1.165) is 10.2 Å². The third-order valence-corrected chi connectivity index (χ3v) is 2.49. The Kier molecular flexibility index (Phi) is 1.73. The van der Waals surface area contributed by atoms with Crippen LogP contribution in [0.2, 0.25) is 0 Å². The minimum Gasteiger partial charge on any atom is -0.390 e. The first-order valence-corrected chi connectivity index (χ1v) is 4.45. The molecule has 2 rings (SSSR count). The molecule has 0 bridgehead atoms. The second kappa shape index (κ2) is 2.60. The maximum Gasteiger partial charge on any atom is 0.102 e. The zero-order chi connectivity index (χ0) is 7.84. The fourth-order valence-electron chi connectivity index (χ4n) is 1.04. The van der Waals surface area contributed by atoms with Gasteiger partial charge in [0, 0.05) is 6.20 Å². The van der Waals surface area contributed by atoms with Crippen LogP contribution in [0.15, 0.2) is 10.7 Å². The zero-order valence-electron chi connectivity index (χ0n) is 6.00. The van der Waals surface area contributed by atoms with Crippen molar-refractivity contribution in [2.45, 2.75) is 25.5 Å². The van der Waals surface area contributed by atoms with Crippen molar-refractivity contribution in [1.82, 2.24) is 9.78 Å². The Morgan fingerprint density at radius 1 is 1.73 bits per heavy atom. The molecule has 0 spiro atoms. The summed E-state index contributed by atoms with van der Waals surface area (Å²) < 4.78 is 2.84. The van der Waals surface area contributed by atoms with E-state index in [1.165, 1.54) is 12.8 Å². The van der Waals surface area contributed by atoms with E-state index in [9.17, 15) is 0 Å². The third-order valence-electron chi connectivity index (χ3n) is 1.83. The number of rotatable bonds is 2. The normalized spacial score (nSPS) is 17.3. The molecule has 60 valence electrons. The maximum absolute atomic E-state index is 8.83. The molecule has 1 fully saturated rings. The van der Waals surface area contributed by atoms with Gasteiger partial charge in [0.2, 0.25) is 0 Å². The minimum atomic E-state index is 0.0142. The highest BCUT2D eigenvalue weighted by molar-refractivity contribution is 9.10. The van der Waals surface area contributed by atoms with Crippen LogP contribution in [0.1, 0.15) is 24.6 Å². The van der Waals surface area contributed by atoms with E-state index in [1.54, 1.807) is 0 Å². The van der Waals surface area contributed by atoms with Crippen molar-refractivity contribution in [2.24, 2.45) is 0 Å². The summed E-state index contributed by atoms with van der Waals surface area (Å²) in [5.41, 5.74) is 0.733. The summed E-state index contributed by atoms with van der Waals surface area (Å²) in [7, 11) is 0. The van der Waals surface area contributed by atoms with E-state index < -0.39 is 0 Å². The summed E-state index contributed by atoms with van der Waals surface area (Å²) in [5, 5.41) is 13.0. The molecule has 1 N–H and O–H groups in total. The van der Waals surface area contributed by atoms with Crippen LogP contribution in [-0.4, -0.2) is 14.9 Å². The first-order valence-electron chi connectivity index (χ1n) is 3.65. The monoisotopic (exact) mass is 216 g/mol. The molecular weight excluding hydrogens is 208 g/mol. The van der Waals surface area contributed by atoms with Crippen LogP contribution < -0.4 is 0 Å². The van der Waals surface area contributed by atoms with Crippen molar-refractivity contribution in [3.63, 3.8) is 0 Å².